The molecule has 1 rings (SSSR count). The average Bonchev–Trinajstić information content (AvgIpc) is 2.29. The second-order valence-electron chi connectivity index (χ2n) is 3.24. The second-order valence-corrected chi connectivity index (χ2v) is 3.24. The van der Waals surface area contributed by atoms with Crippen molar-refractivity contribution in [3.63, 3.8) is 0 Å². The van der Waals surface area contributed by atoms with Crippen LogP contribution in [0, 0.1) is 0 Å². The smallest absolute Gasteiger partial charge is 0.229 e. The monoisotopic (exact) mass is 207 g/mol. The molecule has 3 heteroatoms. The largest absolute Gasteiger partial charge is 0.381 e. The number of hydrogen-bond acceptors (Lipinski definition) is 2. The molecule has 0 aliphatic rings. The standard InChI is InChI=1S/C12H17NO2/c1-3-15-10-9-12(14)13(2)11-7-5-4-6-8-11/h4-8H,3,9-10H2,1-2H3. The van der Waals surface area contributed by atoms with Crippen molar-refractivity contribution >= 4 is 11.6 Å². The summed E-state index contributed by atoms with van der Waals surface area (Å²) in [4.78, 5) is 13.3. The van der Waals surface area contributed by atoms with E-state index in [4.69, 9.17) is 4.74 Å². The fourth-order valence-electron chi connectivity index (χ4n) is 1.27. The predicted molar refractivity (Wildman–Crippen MR) is 61.0 cm³/mol. The van der Waals surface area contributed by atoms with Crippen molar-refractivity contribution in [1.82, 2.24) is 0 Å². The number of ether oxygens (including phenoxy) is 1. The summed E-state index contributed by atoms with van der Waals surface area (Å²) in [6, 6.07) is 9.60. The zero-order chi connectivity index (χ0) is 11.1. The Kier molecular flexibility index (Phi) is 4.84. The molecule has 0 bridgehead atoms. The van der Waals surface area contributed by atoms with Gasteiger partial charge in [-0.1, -0.05) is 18.2 Å². The molecule has 0 heterocycles. The Morgan fingerprint density at radius 3 is 2.60 bits per heavy atom. The van der Waals surface area contributed by atoms with Crippen LogP contribution < -0.4 is 4.90 Å². The van der Waals surface area contributed by atoms with Crippen molar-refractivity contribution in [2.75, 3.05) is 25.2 Å². The molecule has 0 radical (unpaired) electrons. The normalized spacial score (nSPS) is 10.0. The van der Waals surface area contributed by atoms with Crippen LogP contribution in [0.3, 0.4) is 0 Å². The fraction of sp³-hybridized carbons (Fsp3) is 0.417. The Morgan fingerprint density at radius 2 is 2.00 bits per heavy atom. The summed E-state index contributed by atoms with van der Waals surface area (Å²) in [7, 11) is 1.78. The molecule has 1 aromatic carbocycles. The van der Waals surface area contributed by atoms with E-state index in [0.29, 0.717) is 19.6 Å². The van der Waals surface area contributed by atoms with Gasteiger partial charge in [0.1, 0.15) is 0 Å². The van der Waals surface area contributed by atoms with Crippen molar-refractivity contribution in [2.45, 2.75) is 13.3 Å². The van der Waals surface area contributed by atoms with E-state index in [1.54, 1.807) is 11.9 Å². The van der Waals surface area contributed by atoms with E-state index in [1.807, 2.05) is 37.3 Å². The molecule has 0 saturated carbocycles. The molecule has 0 spiro atoms. The van der Waals surface area contributed by atoms with E-state index in [-0.39, 0.29) is 5.91 Å². The summed E-state index contributed by atoms with van der Waals surface area (Å²) in [5, 5.41) is 0. The minimum Gasteiger partial charge on any atom is -0.381 e. The van der Waals surface area contributed by atoms with Crippen molar-refractivity contribution in [3.8, 4) is 0 Å². The lowest BCUT2D eigenvalue weighted by atomic mass is 10.3. The maximum absolute atomic E-state index is 11.7. The first-order chi connectivity index (χ1) is 7.25. The van der Waals surface area contributed by atoms with E-state index >= 15 is 0 Å². The molecule has 0 aromatic heterocycles. The van der Waals surface area contributed by atoms with Crippen LogP contribution in [-0.4, -0.2) is 26.2 Å². The van der Waals surface area contributed by atoms with Crippen molar-refractivity contribution in [1.29, 1.82) is 0 Å². The van der Waals surface area contributed by atoms with Crippen LogP contribution in [0.15, 0.2) is 30.3 Å². The lowest BCUT2D eigenvalue weighted by Gasteiger charge is -2.16. The number of amides is 1. The lowest BCUT2D eigenvalue weighted by Crippen LogP contribution is -2.27. The number of hydrogen-bond donors (Lipinski definition) is 0. The SMILES string of the molecule is CCOCCC(=O)N(C)c1ccccc1. The van der Waals surface area contributed by atoms with E-state index in [9.17, 15) is 4.79 Å². The summed E-state index contributed by atoms with van der Waals surface area (Å²) in [5.41, 5.74) is 0.916. The molecule has 0 N–H and O–H groups in total. The highest BCUT2D eigenvalue weighted by Crippen LogP contribution is 2.11. The van der Waals surface area contributed by atoms with Gasteiger partial charge in [-0.25, -0.2) is 0 Å². The fourth-order valence-corrected chi connectivity index (χ4v) is 1.27. The minimum absolute atomic E-state index is 0.0784. The first kappa shape index (κ1) is 11.7. The van der Waals surface area contributed by atoms with E-state index in [1.165, 1.54) is 0 Å². The van der Waals surface area contributed by atoms with Crippen LogP contribution in [0.2, 0.25) is 0 Å². The minimum atomic E-state index is 0.0784. The number of nitrogens with zero attached hydrogens (tertiary/aromatic N) is 1. The van der Waals surface area contributed by atoms with Crippen LogP contribution in [-0.2, 0) is 9.53 Å². The highest BCUT2D eigenvalue weighted by atomic mass is 16.5. The maximum Gasteiger partial charge on any atom is 0.229 e. The van der Waals surface area contributed by atoms with Gasteiger partial charge in [-0.3, -0.25) is 4.79 Å². The molecule has 0 aliphatic carbocycles. The van der Waals surface area contributed by atoms with Gasteiger partial charge in [-0.15, -0.1) is 0 Å². The van der Waals surface area contributed by atoms with Crippen molar-refractivity contribution in [2.24, 2.45) is 0 Å². The molecular weight excluding hydrogens is 190 g/mol. The van der Waals surface area contributed by atoms with Crippen LogP contribution in [0.5, 0.6) is 0 Å². The van der Waals surface area contributed by atoms with Crippen LogP contribution in [0.4, 0.5) is 5.69 Å². The van der Waals surface area contributed by atoms with Gasteiger partial charge in [0.05, 0.1) is 13.0 Å². The average molecular weight is 207 g/mol. The molecule has 15 heavy (non-hydrogen) atoms. The molecule has 0 atom stereocenters. The molecule has 1 aromatic rings. The van der Waals surface area contributed by atoms with Crippen LogP contribution >= 0.6 is 0 Å². The molecule has 3 nitrogen and oxygen atoms in total. The Hall–Kier alpha value is -1.35. The molecule has 0 unspecified atom stereocenters. The first-order valence-corrected chi connectivity index (χ1v) is 5.15. The lowest BCUT2D eigenvalue weighted by molar-refractivity contribution is -0.119. The zero-order valence-corrected chi connectivity index (χ0v) is 9.27. The third-order valence-corrected chi connectivity index (χ3v) is 2.18. The van der Waals surface area contributed by atoms with Gasteiger partial charge in [0.15, 0.2) is 0 Å². The van der Waals surface area contributed by atoms with Gasteiger partial charge < -0.3 is 9.64 Å². The molecule has 1 amide bonds. The highest BCUT2D eigenvalue weighted by Gasteiger charge is 2.09. The van der Waals surface area contributed by atoms with Gasteiger partial charge in [0, 0.05) is 19.3 Å². The topological polar surface area (TPSA) is 29.5 Å². The number of anilines is 1. The summed E-state index contributed by atoms with van der Waals surface area (Å²) < 4.78 is 5.14. The van der Waals surface area contributed by atoms with E-state index < -0.39 is 0 Å². The van der Waals surface area contributed by atoms with Gasteiger partial charge in [-0.05, 0) is 19.1 Å². The quantitative estimate of drug-likeness (QED) is 0.692. The van der Waals surface area contributed by atoms with Gasteiger partial charge >= 0.3 is 0 Å². The predicted octanol–water partition coefficient (Wildman–Crippen LogP) is 2.08. The molecule has 82 valence electrons. The zero-order valence-electron chi connectivity index (χ0n) is 9.27. The van der Waals surface area contributed by atoms with Crippen LogP contribution in [0.25, 0.3) is 0 Å². The number of carbonyl (C=O) groups is 1. The van der Waals surface area contributed by atoms with Gasteiger partial charge in [0.2, 0.25) is 5.91 Å². The Balaban J connectivity index is 2.46. The summed E-state index contributed by atoms with van der Waals surface area (Å²) in [6.45, 7) is 3.07. The number of carbonyl (C=O) groups excluding carboxylic acids is 1. The summed E-state index contributed by atoms with van der Waals surface area (Å²) in [6.07, 6.45) is 0.430. The maximum atomic E-state index is 11.7. The highest BCUT2D eigenvalue weighted by molar-refractivity contribution is 5.92. The van der Waals surface area contributed by atoms with Gasteiger partial charge in [0.25, 0.3) is 0 Å². The molecule has 0 fully saturated rings. The Bertz CT molecular complexity index is 298. The van der Waals surface area contributed by atoms with E-state index in [0.717, 1.165) is 5.69 Å². The summed E-state index contributed by atoms with van der Waals surface area (Å²) in [5.74, 6) is 0.0784. The number of benzene rings is 1. The van der Waals surface area contributed by atoms with Crippen molar-refractivity contribution in [3.05, 3.63) is 30.3 Å². The third kappa shape index (κ3) is 3.72. The van der Waals surface area contributed by atoms with Crippen LogP contribution in [0.1, 0.15) is 13.3 Å². The number of rotatable bonds is 5. The van der Waals surface area contributed by atoms with E-state index in [2.05, 4.69) is 0 Å². The third-order valence-electron chi connectivity index (χ3n) is 2.18. The molecular formula is C12H17NO2. The molecule has 0 aliphatic heterocycles. The van der Waals surface area contributed by atoms with Crippen molar-refractivity contribution < 1.29 is 9.53 Å². The molecule has 0 saturated heterocycles. The summed E-state index contributed by atoms with van der Waals surface area (Å²) >= 11 is 0. The Morgan fingerprint density at radius 1 is 1.33 bits per heavy atom. The second kappa shape index (κ2) is 6.19. The Labute approximate surface area is 90.7 Å². The number of para-hydroxylation sites is 1. The van der Waals surface area contributed by atoms with Gasteiger partial charge in [-0.2, -0.15) is 0 Å². The first-order valence-electron chi connectivity index (χ1n) is 5.15.